The standard InChI is InChI=1S/C9H9BrFNO3/c10-6-3-7-9(14-2-1-13-7)5(4-15-12)8(6)11/h3H,1-2,4,12H2. The molecule has 1 aliphatic rings. The lowest BCUT2D eigenvalue weighted by atomic mass is 10.1. The highest BCUT2D eigenvalue weighted by Crippen LogP contribution is 2.39. The van der Waals surface area contributed by atoms with Gasteiger partial charge in [0.1, 0.15) is 19.0 Å². The fourth-order valence-corrected chi connectivity index (χ4v) is 1.86. The van der Waals surface area contributed by atoms with Gasteiger partial charge in [-0.15, -0.1) is 0 Å². The number of nitrogens with two attached hydrogens (primary N) is 1. The minimum atomic E-state index is -0.440. The summed E-state index contributed by atoms with van der Waals surface area (Å²) in [5.41, 5.74) is 0.265. The average molecular weight is 278 g/mol. The highest BCUT2D eigenvalue weighted by atomic mass is 79.9. The van der Waals surface area contributed by atoms with Crippen LogP contribution in [0, 0.1) is 5.82 Å². The Balaban J connectivity index is 2.52. The molecule has 0 saturated heterocycles. The van der Waals surface area contributed by atoms with Crippen LogP contribution < -0.4 is 15.4 Å². The Hall–Kier alpha value is -0.850. The van der Waals surface area contributed by atoms with Gasteiger partial charge in [-0.3, -0.25) is 4.84 Å². The van der Waals surface area contributed by atoms with E-state index in [1.807, 2.05) is 0 Å². The van der Waals surface area contributed by atoms with Crippen molar-refractivity contribution in [1.82, 2.24) is 0 Å². The molecule has 2 rings (SSSR count). The molecule has 4 nitrogen and oxygen atoms in total. The Morgan fingerprint density at radius 2 is 2.20 bits per heavy atom. The van der Waals surface area contributed by atoms with E-state index >= 15 is 0 Å². The number of rotatable bonds is 2. The summed E-state index contributed by atoms with van der Waals surface area (Å²) in [6.45, 7) is 0.788. The first-order chi connectivity index (χ1) is 7.24. The molecular formula is C9H9BrFNO3. The third-order valence-electron chi connectivity index (χ3n) is 2.05. The van der Waals surface area contributed by atoms with Crippen molar-refractivity contribution in [2.75, 3.05) is 13.2 Å². The van der Waals surface area contributed by atoms with Gasteiger partial charge in [0.15, 0.2) is 11.5 Å². The largest absolute Gasteiger partial charge is 0.486 e. The number of benzene rings is 1. The van der Waals surface area contributed by atoms with E-state index in [0.29, 0.717) is 29.2 Å². The van der Waals surface area contributed by atoms with E-state index in [2.05, 4.69) is 20.8 Å². The lowest BCUT2D eigenvalue weighted by molar-refractivity contribution is 0.112. The van der Waals surface area contributed by atoms with E-state index in [9.17, 15) is 4.39 Å². The van der Waals surface area contributed by atoms with Gasteiger partial charge < -0.3 is 9.47 Å². The van der Waals surface area contributed by atoms with Gasteiger partial charge in [0, 0.05) is 6.07 Å². The Kier molecular flexibility index (Phi) is 3.08. The third-order valence-corrected chi connectivity index (χ3v) is 2.62. The van der Waals surface area contributed by atoms with Crippen LogP contribution in [0.1, 0.15) is 5.56 Å². The fraction of sp³-hybridized carbons (Fsp3) is 0.333. The van der Waals surface area contributed by atoms with Crippen molar-refractivity contribution in [1.29, 1.82) is 0 Å². The van der Waals surface area contributed by atoms with Crippen LogP contribution in [0.4, 0.5) is 4.39 Å². The zero-order valence-electron chi connectivity index (χ0n) is 7.76. The fourth-order valence-electron chi connectivity index (χ4n) is 1.41. The van der Waals surface area contributed by atoms with E-state index in [1.165, 1.54) is 6.07 Å². The van der Waals surface area contributed by atoms with E-state index in [4.69, 9.17) is 15.4 Å². The Bertz CT molecular complexity index is 386. The lowest BCUT2D eigenvalue weighted by Gasteiger charge is -2.21. The minimum absolute atomic E-state index is 0.0586. The average Bonchev–Trinajstić information content (AvgIpc) is 2.25. The molecule has 1 heterocycles. The van der Waals surface area contributed by atoms with Crippen LogP contribution in [0.2, 0.25) is 0 Å². The molecule has 1 aliphatic heterocycles. The first-order valence-corrected chi connectivity index (χ1v) is 5.11. The van der Waals surface area contributed by atoms with Crippen LogP contribution >= 0.6 is 15.9 Å². The second-order valence-electron chi connectivity index (χ2n) is 2.99. The molecule has 0 saturated carbocycles. The predicted molar refractivity (Wildman–Crippen MR) is 54.1 cm³/mol. The van der Waals surface area contributed by atoms with E-state index in [1.54, 1.807) is 0 Å². The molecule has 0 aromatic heterocycles. The van der Waals surface area contributed by atoms with Crippen LogP contribution in [0.5, 0.6) is 11.5 Å². The number of hydrogen-bond donors (Lipinski definition) is 1. The van der Waals surface area contributed by atoms with Crippen LogP contribution in [0.15, 0.2) is 10.5 Å². The molecule has 0 unspecified atom stereocenters. The van der Waals surface area contributed by atoms with Crippen molar-refractivity contribution in [3.8, 4) is 11.5 Å². The maximum atomic E-state index is 13.7. The second kappa shape index (κ2) is 4.34. The van der Waals surface area contributed by atoms with Crippen molar-refractivity contribution in [3.05, 3.63) is 21.9 Å². The summed E-state index contributed by atoms with van der Waals surface area (Å²) in [4.78, 5) is 4.43. The molecule has 0 fully saturated rings. The molecule has 0 atom stereocenters. The quantitative estimate of drug-likeness (QED) is 0.837. The summed E-state index contributed by atoms with van der Waals surface area (Å²) in [6, 6.07) is 1.53. The van der Waals surface area contributed by atoms with Gasteiger partial charge in [0.05, 0.1) is 16.6 Å². The third kappa shape index (κ3) is 1.92. The van der Waals surface area contributed by atoms with Gasteiger partial charge in [-0.1, -0.05) is 0 Å². The summed E-state index contributed by atoms with van der Waals surface area (Å²) in [6.07, 6.45) is 0. The van der Waals surface area contributed by atoms with E-state index in [-0.39, 0.29) is 12.2 Å². The monoisotopic (exact) mass is 277 g/mol. The van der Waals surface area contributed by atoms with Crippen molar-refractivity contribution in [2.45, 2.75) is 6.61 Å². The second-order valence-corrected chi connectivity index (χ2v) is 3.84. The van der Waals surface area contributed by atoms with Crippen molar-refractivity contribution >= 4 is 15.9 Å². The van der Waals surface area contributed by atoms with E-state index in [0.717, 1.165) is 0 Å². The number of ether oxygens (including phenoxy) is 2. The Morgan fingerprint density at radius 1 is 1.47 bits per heavy atom. The zero-order chi connectivity index (χ0) is 10.8. The number of fused-ring (bicyclic) bond motifs is 1. The lowest BCUT2D eigenvalue weighted by Crippen LogP contribution is -2.18. The highest BCUT2D eigenvalue weighted by molar-refractivity contribution is 9.10. The van der Waals surface area contributed by atoms with Gasteiger partial charge in [-0.2, -0.15) is 0 Å². The SMILES string of the molecule is NOCc1c(F)c(Br)cc2c1OCCO2. The molecule has 6 heteroatoms. The molecule has 1 aromatic rings. The normalized spacial score (nSPS) is 14.1. The maximum absolute atomic E-state index is 13.7. The molecule has 0 bridgehead atoms. The smallest absolute Gasteiger partial charge is 0.169 e. The van der Waals surface area contributed by atoms with Gasteiger partial charge in [-0.25, -0.2) is 10.3 Å². The van der Waals surface area contributed by atoms with Crippen molar-refractivity contribution in [2.24, 2.45) is 5.90 Å². The first-order valence-electron chi connectivity index (χ1n) is 4.32. The highest BCUT2D eigenvalue weighted by Gasteiger charge is 2.22. The first kappa shape index (κ1) is 10.7. The summed E-state index contributed by atoms with van der Waals surface area (Å²) in [5, 5.41) is 0. The summed E-state index contributed by atoms with van der Waals surface area (Å²) in [5.74, 6) is 5.36. The van der Waals surface area contributed by atoms with Gasteiger partial charge in [-0.05, 0) is 15.9 Å². The Labute approximate surface area is 94.2 Å². The van der Waals surface area contributed by atoms with Gasteiger partial charge in [0.2, 0.25) is 0 Å². The topological polar surface area (TPSA) is 53.7 Å². The minimum Gasteiger partial charge on any atom is -0.486 e. The van der Waals surface area contributed by atoms with Crippen LogP contribution in [0.25, 0.3) is 0 Å². The predicted octanol–water partition coefficient (Wildman–Crippen LogP) is 1.75. The van der Waals surface area contributed by atoms with Crippen LogP contribution in [0.3, 0.4) is 0 Å². The maximum Gasteiger partial charge on any atom is 0.169 e. The van der Waals surface area contributed by atoms with Gasteiger partial charge in [0.25, 0.3) is 0 Å². The van der Waals surface area contributed by atoms with E-state index < -0.39 is 5.82 Å². The van der Waals surface area contributed by atoms with Crippen LogP contribution in [-0.4, -0.2) is 13.2 Å². The summed E-state index contributed by atoms with van der Waals surface area (Å²) in [7, 11) is 0. The molecule has 0 radical (unpaired) electrons. The summed E-state index contributed by atoms with van der Waals surface area (Å²) >= 11 is 3.09. The summed E-state index contributed by atoms with van der Waals surface area (Å²) < 4.78 is 24.6. The van der Waals surface area contributed by atoms with Gasteiger partial charge >= 0.3 is 0 Å². The molecule has 15 heavy (non-hydrogen) atoms. The molecule has 0 spiro atoms. The Morgan fingerprint density at radius 3 is 2.93 bits per heavy atom. The molecule has 1 aromatic carbocycles. The molecule has 0 aliphatic carbocycles. The van der Waals surface area contributed by atoms with Crippen LogP contribution in [-0.2, 0) is 11.4 Å². The molecular weight excluding hydrogens is 269 g/mol. The van der Waals surface area contributed by atoms with Crippen molar-refractivity contribution in [3.63, 3.8) is 0 Å². The molecule has 0 amide bonds. The number of hydrogen-bond acceptors (Lipinski definition) is 4. The molecule has 2 N–H and O–H groups in total. The zero-order valence-corrected chi connectivity index (χ0v) is 9.34. The molecule has 82 valence electrons. The van der Waals surface area contributed by atoms with Crippen molar-refractivity contribution < 1.29 is 18.7 Å². The number of halogens is 2.